The van der Waals surface area contributed by atoms with Crippen LogP contribution in [0.15, 0.2) is 18.2 Å². The lowest BCUT2D eigenvalue weighted by Crippen LogP contribution is -2.44. The van der Waals surface area contributed by atoms with Crippen molar-refractivity contribution in [2.45, 2.75) is 32.7 Å². The van der Waals surface area contributed by atoms with Crippen LogP contribution >= 0.6 is 0 Å². The molecule has 3 nitrogen and oxygen atoms in total. The molecule has 1 amide bonds. The Kier molecular flexibility index (Phi) is 5.28. The Balaban J connectivity index is 2.14. The highest BCUT2D eigenvalue weighted by Gasteiger charge is 2.24. The minimum atomic E-state index is -0.721. The molecule has 0 bridgehead atoms. The van der Waals surface area contributed by atoms with Crippen LogP contribution in [0, 0.1) is 17.6 Å². The van der Waals surface area contributed by atoms with Gasteiger partial charge in [-0.1, -0.05) is 0 Å². The van der Waals surface area contributed by atoms with Gasteiger partial charge in [-0.3, -0.25) is 4.79 Å². The van der Waals surface area contributed by atoms with E-state index in [9.17, 15) is 13.6 Å². The summed E-state index contributed by atoms with van der Waals surface area (Å²) in [6.07, 6.45) is 2.17. The molecule has 1 fully saturated rings. The first-order chi connectivity index (χ1) is 9.97. The van der Waals surface area contributed by atoms with Gasteiger partial charge in [-0.25, -0.2) is 8.78 Å². The smallest absolute Gasteiger partial charge is 0.254 e. The van der Waals surface area contributed by atoms with Gasteiger partial charge >= 0.3 is 0 Å². The summed E-state index contributed by atoms with van der Waals surface area (Å²) in [7, 11) is 0. The van der Waals surface area contributed by atoms with Crippen LogP contribution in [0.25, 0.3) is 0 Å². The summed E-state index contributed by atoms with van der Waals surface area (Å²) < 4.78 is 26.6. The van der Waals surface area contributed by atoms with Crippen LogP contribution < -0.4 is 5.32 Å². The summed E-state index contributed by atoms with van der Waals surface area (Å²) in [5.41, 5.74) is 0.0740. The number of hydrogen-bond acceptors (Lipinski definition) is 2. The minimum Gasteiger partial charge on any atom is -0.336 e. The summed E-state index contributed by atoms with van der Waals surface area (Å²) in [5, 5.41) is 3.32. The van der Waals surface area contributed by atoms with E-state index in [2.05, 4.69) is 5.32 Å². The number of carbonyl (C=O) groups is 1. The Labute approximate surface area is 124 Å². The number of piperidine rings is 1. The molecule has 21 heavy (non-hydrogen) atoms. The molecule has 1 saturated heterocycles. The van der Waals surface area contributed by atoms with Crippen molar-refractivity contribution in [3.05, 3.63) is 35.4 Å². The van der Waals surface area contributed by atoms with Gasteiger partial charge in [0, 0.05) is 24.2 Å². The number of rotatable bonds is 4. The average molecular weight is 296 g/mol. The number of nitrogens with zero attached hydrogens (tertiary/aromatic N) is 1. The standard InChI is InChI=1S/C16H22F2N2O/c1-11(2)20(10-12-4-3-5-19-9-12)16(21)13-6-14(17)8-15(18)7-13/h6-8,11-12,19H,3-5,9-10H2,1-2H3. The predicted octanol–water partition coefficient (Wildman–Crippen LogP) is 2.82. The molecule has 1 heterocycles. The lowest BCUT2D eigenvalue weighted by Gasteiger charge is -2.33. The Morgan fingerprint density at radius 2 is 2.00 bits per heavy atom. The fraction of sp³-hybridized carbons (Fsp3) is 0.562. The van der Waals surface area contributed by atoms with Gasteiger partial charge in [0.15, 0.2) is 0 Å². The van der Waals surface area contributed by atoms with Gasteiger partial charge in [-0.2, -0.15) is 0 Å². The SMILES string of the molecule is CC(C)N(CC1CCCNC1)C(=O)c1cc(F)cc(F)c1. The van der Waals surface area contributed by atoms with Crippen LogP contribution in [0.2, 0.25) is 0 Å². The average Bonchev–Trinajstić information content (AvgIpc) is 2.44. The van der Waals surface area contributed by atoms with Crippen LogP contribution in [0.3, 0.4) is 0 Å². The van der Waals surface area contributed by atoms with Gasteiger partial charge in [0.25, 0.3) is 5.91 Å². The highest BCUT2D eigenvalue weighted by Crippen LogP contribution is 2.17. The van der Waals surface area contributed by atoms with Gasteiger partial charge in [0.1, 0.15) is 11.6 Å². The van der Waals surface area contributed by atoms with Crippen LogP contribution in [0.4, 0.5) is 8.78 Å². The largest absolute Gasteiger partial charge is 0.336 e. The molecule has 0 aromatic heterocycles. The van der Waals surface area contributed by atoms with Gasteiger partial charge in [0.05, 0.1) is 0 Å². The monoisotopic (exact) mass is 296 g/mol. The van der Waals surface area contributed by atoms with E-state index in [1.165, 1.54) is 0 Å². The maximum atomic E-state index is 13.3. The second-order valence-electron chi connectivity index (χ2n) is 5.92. The highest BCUT2D eigenvalue weighted by atomic mass is 19.1. The van der Waals surface area contributed by atoms with Crippen molar-refractivity contribution in [1.82, 2.24) is 10.2 Å². The molecule has 116 valence electrons. The Hall–Kier alpha value is -1.49. The third-order valence-corrected chi connectivity index (χ3v) is 3.85. The first-order valence-electron chi connectivity index (χ1n) is 7.45. The number of carbonyl (C=O) groups excluding carboxylic acids is 1. The summed E-state index contributed by atoms with van der Waals surface area (Å²) in [5.74, 6) is -1.36. The zero-order chi connectivity index (χ0) is 15.4. The molecule has 1 aromatic carbocycles. The van der Waals surface area contributed by atoms with Gasteiger partial charge in [-0.15, -0.1) is 0 Å². The van der Waals surface area contributed by atoms with Crippen molar-refractivity contribution in [2.75, 3.05) is 19.6 Å². The second kappa shape index (κ2) is 6.98. The molecule has 1 aliphatic heterocycles. The van der Waals surface area contributed by atoms with Crippen molar-refractivity contribution >= 4 is 5.91 Å². The number of amides is 1. The molecule has 1 atom stereocenters. The summed E-state index contributed by atoms with van der Waals surface area (Å²) >= 11 is 0. The van der Waals surface area contributed by atoms with Crippen molar-refractivity contribution in [2.24, 2.45) is 5.92 Å². The molecular weight excluding hydrogens is 274 g/mol. The number of benzene rings is 1. The number of nitrogens with one attached hydrogen (secondary N) is 1. The number of halogens is 2. The van der Waals surface area contributed by atoms with E-state index in [-0.39, 0.29) is 17.5 Å². The summed E-state index contributed by atoms with van der Waals surface area (Å²) in [4.78, 5) is 14.2. The minimum absolute atomic E-state index is 0.00856. The van der Waals surface area contributed by atoms with E-state index in [1.807, 2.05) is 13.8 Å². The Morgan fingerprint density at radius 3 is 2.52 bits per heavy atom. The molecule has 1 aliphatic rings. The van der Waals surface area contributed by atoms with E-state index in [4.69, 9.17) is 0 Å². The third-order valence-electron chi connectivity index (χ3n) is 3.85. The van der Waals surface area contributed by atoms with Crippen LogP contribution in [-0.4, -0.2) is 36.5 Å². The molecule has 5 heteroatoms. The van der Waals surface area contributed by atoms with Crippen molar-refractivity contribution in [3.8, 4) is 0 Å². The highest BCUT2D eigenvalue weighted by molar-refractivity contribution is 5.94. The Morgan fingerprint density at radius 1 is 1.33 bits per heavy atom. The molecule has 1 N–H and O–H groups in total. The van der Waals surface area contributed by atoms with E-state index in [0.717, 1.165) is 44.1 Å². The molecule has 0 saturated carbocycles. The van der Waals surface area contributed by atoms with Crippen molar-refractivity contribution in [3.63, 3.8) is 0 Å². The van der Waals surface area contributed by atoms with Gasteiger partial charge in [0.2, 0.25) is 0 Å². The number of hydrogen-bond donors (Lipinski definition) is 1. The molecule has 1 aromatic rings. The molecular formula is C16H22F2N2O. The maximum Gasteiger partial charge on any atom is 0.254 e. The van der Waals surface area contributed by atoms with Crippen molar-refractivity contribution in [1.29, 1.82) is 0 Å². The molecule has 2 rings (SSSR count). The van der Waals surface area contributed by atoms with Crippen LogP contribution in [0.1, 0.15) is 37.0 Å². The first-order valence-corrected chi connectivity index (χ1v) is 7.45. The van der Waals surface area contributed by atoms with Crippen LogP contribution in [0.5, 0.6) is 0 Å². The van der Waals surface area contributed by atoms with E-state index < -0.39 is 11.6 Å². The molecule has 0 radical (unpaired) electrons. The normalized spacial score (nSPS) is 18.8. The zero-order valence-corrected chi connectivity index (χ0v) is 12.5. The lowest BCUT2D eigenvalue weighted by atomic mass is 9.98. The molecule has 1 unspecified atom stereocenters. The quantitative estimate of drug-likeness (QED) is 0.926. The Bertz CT molecular complexity index is 479. The summed E-state index contributed by atoms with van der Waals surface area (Å²) in [6, 6.07) is 2.97. The molecule has 0 spiro atoms. The third kappa shape index (κ3) is 4.24. The topological polar surface area (TPSA) is 32.3 Å². The fourth-order valence-electron chi connectivity index (χ4n) is 2.73. The lowest BCUT2D eigenvalue weighted by molar-refractivity contribution is 0.0660. The molecule has 0 aliphatic carbocycles. The summed E-state index contributed by atoms with van der Waals surface area (Å²) in [6.45, 7) is 6.35. The second-order valence-corrected chi connectivity index (χ2v) is 5.92. The van der Waals surface area contributed by atoms with Gasteiger partial charge in [-0.05, 0) is 57.8 Å². The van der Waals surface area contributed by atoms with Crippen LogP contribution in [-0.2, 0) is 0 Å². The van der Waals surface area contributed by atoms with E-state index in [0.29, 0.717) is 12.5 Å². The first kappa shape index (κ1) is 15.9. The van der Waals surface area contributed by atoms with E-state index in [1.54, 1.807) is 4.90 Å². The fourth-order valence-corrected chi connectivity index (χ4v) is 2.73. The van der Waals surface area contributed by atoms with Crippen molar-refractivity contribution < 1.29 is 13.6 Å². The zero-order valence-electron chi connectivity index (χ0n) is 12.5. The predicted molar refractivity (Wildman–Crippen MR) is 78.1 cm³/mol. The van der Waals surface area contributed by atoms with E-state index >= 15 is 0 Å². The maximum absolute atomic E-state index is 13.3. The van der Waals surface area contributed by atoms with Gasteiger partial charge < -0.3 is 10.2 Å².